The molecule has 0 unspecified atom stereocenters. The first-order chi connectivity index (χ1) is 9.81. The van der Waals surface area contributed by atoms with E-state index in [9.17, 15) is 22.8 Å². The number of urea groups is 1. The molecule has 0 spiro atoms. The third-order valence-corrected chi connectivity index (χ3v) is 2.56. The first-order valence-electron chi connectivity index (χ1n) is 6.04. The van der Waals surface area contributed by atoms with Crippen molar-refractivity contribution in [3.63, 3.8) is 0 Å². The van der Waals surface area contributed by atoms with Crippen molar-refractivity contribution < 1.29 is 27.5 Å². The van der Waals surface area contributed by atoms with Crippen molar-refractivity contribution in [3.8, 4) is 0 Å². The molecule has 0 saturated heterocycles. The van der Waals surface area contributed by atoms with Crippen LogP contribution in [0.2, 0.25) is 0 Å². The number of alkyl halides is 3. The van der Waals surface area contributed by atoms with E-state index in [2.05, 4.69) is 10.1 Å². The number of hydrogen-bond donors (Lipinski definition) is 2. The number of methoxy groups -OCH3 is 1. The van der Waals surface area contributed by atoms with E-state index in [1.807, 2.05) is 0 Å². The Morgan fingerprint density at radius 3 is 2.38 bits per heavy atom. The van der Waals surface area contributed by atoms with E-state index in [0.717, 1.165) is 0 Å². The lowest BCUT2D eigenvalue weighted by molar-refractivity contribution is -0.141. The topological polar surface area (TPSA) is 67.4 Å². The summed E-state index contributed by atoms with van der Waals surface area (Å²) in [5.41, 5.74) is 0.588. The first-order valence-corrected chi connectivity index (χ1v) is 6.04. The molecule has 8 heteroatoms. The number of halogens is 3. The van der Waals surface area contributed by atoms with Crippen molar-refractivity contribution in [1.82, 2.24) is 10.6 Å². The second-order valence-electron chi connectivity index (χ2n) is 4.19. The molecular formula is C13H15F3N2O3. The molecule has 0 saturated carbocycles. The van der Waals surface area contributed by atoms with Crippen LogP contribution in [-0.4, -0.2) is 31.8 Å². The van der Waals surface area contributed by atoms with Crippen LogP contribution < -0.4 is 10.6 Å². The lowest BCUT2D eigenvalue weighted by Crippen LogP contribution is -2.42. The maximum atomic E-state index is 12.0. The van der Waals surface area contributed by atoms with Crippen molar-refractivity contribution >= 4 is 12.0 Å². The van der Waals surface area contributed by atoms with Crippen LogP contribution in [0.4, 0.5) is 18.0 Å². The van der Waals surface area contributed by atoms with Gasteiger partial charge in [-0.25, -0.2) is 4.79 Å². The van der Waals surface area contributed by atoms with Crippen molar-refractivity contribution in [3.05, 3.63) is 35.9 Å². The van der Waals surface area contributed by atoms with E-state index < -0.39 is 30.8 Å². The average molecular weight is 304 g/mol. The van der Waals surface area contributed by atoms with Gasteiger partial charge in [-0.2, -0.15) is 13.2 Å². The summed E-state index contributed by atoms with van der Waals surface area (Å²) in [6, 6.07) is 6.64. The Hall–Kier alpha value is -2.25. The molecule has 5 nitrogen and oxygen atoms in total. The minimum Gasteiger partial charge on any atom is -0.469 e. The molecule has 0 bridgehead atoms. The molecule has 116 valence electrons. The summed E-state index contributed by atoms with van der Waals surface area (Å²) in [7, 11) is 1.19. The third-order valence-electron chi connectivity index (χ3n) is 2.56. The van der Waals surface area contributed by atoms with Crippen LogP contribution in [-0.2, 0) is 9.53 Å². The molecule has 1 rings (SSSR count). The Morgan fingerprint density at radius 2 is 1.86 bits per heavy atom. The fraction of sp³-hybridized carbons (Fsp3) is 0.385. The Bertz CT molecular complexity index is 477. The zero-order valence-corrected chi connectivity index (χ0v) is 11.2. The summed E-state index contributed by atoms with van der Waals surface area (Å²) in [6.07, 6.45) is -4.68. The highest BCUT2D eigenvalue weighted by Crippen LogP contribution is 2.17. The van der Waals surface area contributed by atoms with Gasteiger partial charge >= 0.3 is 18.2 Å². The summed E-state index contributed by atoms with van der Waals surface area (Å²) < 4.78 is 40.6. The number of carbonyl (C=O) groups excluding carboxylic acids is 2. The summed E-state index contributed by atoms with van der Waals surface area (Å²) >= 11 is 0. The summed E-state index contributed by atoms with van der Waals surface area (Å²) in [6.45, 7) is -1.45. The molecule has 0 aliphatic rings. The highest BCUT2D eigenvalue weighted by Gasteiger charge is 2.28. The normalized spacial score (nSPS) is 12.4. The van der Waals surface area contributed by atoms with Gasteiger partial charge in [0.25, 0.3) is 0 Å². The van der Waals surface area contributed by atoms with E-state index in [4.69, 9.17) is 0 Å². The molecule has 1 aromatic carbocycles. The predicted octanol–water partition coefficient (Wildman–Crippen LogP) is 2.15. The minimum absolute atomic E-state index is 0.181. The van der Waals surface area contributed by atoms with E-state index in [0.29, 0.717) is 5.56 Å². The van der Waals surface area contributed by atoms with Gasteiger partial charge in [-0.3, -0.25) is 4.79 Å². The van der Waals surface area contributed by atoms with Crippen molar-refractivity contribution in [2.24, 2.45) is 0 Å². The van der Waals surface area contributed by atoms with Crippen LogP contribution in [0, 0.1) is 0 Å². The largest absolute Gasteiger partial charge is 0.469 e. The molecule has 1 aromatic rings. The lowest BCUT2D eigenvalue weighted by Gasteiger charge is -2.19. The van der Waals surface area contributed by atoms with E-state index in [1.54, 1.807) is 35.6 Å². The molecule has 0 radical (unpaired) electrons. The highest BCUT2D eigenvalue weighted by molar-refractivity contribution is 5.76. The van der Waals surface area contributed by atoms with Gasteiger partial charge in [0.05, 0.1) is 19.6 Å². The Labute approximate surface area is 119 Å². The van der Waals surface area contributed by atoms with Gasteiger partial charge in [-0.05, 0) is 5.56 Å². The second-order valence-corrected chi connectivity index (χ2v) is 4.19. The van der Waals surface area contributed by atoms with Crippen LogP contribution in [0.1, 0.15) is 18.0 Å². The Morgan fingerprint density at radius 1 is 1.24 bits per heavy atom. The minimum atomic E-state index is -4.50. The van der Waals surface area contributed by atoms with Crippen LogP contribution in [0.5, 0.6) is 0 Å². The van der Waals surface area contributed by atoms with Crippen molar-refractivity contribution in [2.75, 3.05) is 13.7 Å². The molecular weight excluding hydrogens is 289 g/mol. The van der Waals surface area contributed by atoms with E-state index in [1.165, 1.54) is 7.11 Å². The number of hydrogen-bond acceptors (Lipinski definition) is 3. The van der Waals surface area contributed by atoms with E-state index >= 15 is 0 Å². The number of rotatable bonds is 5. The molecule has 0 aliphatic carbocycles. The van der Waals surface area contributed by atoms with Crippen molar-refractivity contribution in [1.29, 1.82) is 0 Å². The van der Waals surface area contributed by atoms with Gasteiger partial charge < -0.3 is 15.4 Å². The van der Waals surface area contributed by atoms with Crippen LogP contribution in [0.25, 0.3) is 0 Å². The standard InChI is InChI=1S/C13H15F3N2O3/c1-21-11(19)7-10(9-5-3-2-4-6-9)18-12(20)17-8-13(14,15)16/h2-6,10H,7-8H2,1H3,(H2,17,18,20)/t10-/m0/s1. The monoisotopic (exact) mass is 304 g/mol. The summed E-state index contributed by atoms with van der Waals surface area (Å²) in [5, 5.41) is 4.01. The number of ether oxygens (including phenoxy) is 1. The smallest absolute Gasteiger partial charge is 0.405 e. The molecule has 2 amide bonds. The molecule has 2 N–H and O–H groups in total. The fourth-order valence-electron chi connectivity index (χ4n) is 1.58. The Balaban J connectivity index is 2.69. The molecule has 21 heavy (non-hydrogen) atoms. The Kier molecular flexibility index (Phi) is 6.01. The SMILES string of the molecule is COC(=O)C[C@H](NC(=O)NCC(F)(F)F)c1ccccc1. The van der Waals surface area contributed by atoms with Crippen molar-refractivity contribution in [2.45, 2.75) is 18.6 Å². The zero-order valence-electron chi connectivity index (χ0n) is 11.2. The molecule has 1 atom stereocenters. The fourth-order valence-corrected chi connectivity index (χ4v) is 1.58. The second kappa shape index (κ2) is 7.51. The van der Waals surface area contributed by atoms with Gasteiger partial charge in [0, 0.05) is 0 Å². The highest BCUT2D eigenvalue weighted by atomic mass is 19.4. The maximum absolute atomic E-state index is 12.0. The summed E-state index contributed by atoms with van der Waals surface area (Å²) in [4.78, 5) is 22.8. The van der Waals surface area contributed by atoms with Gasteiger partial charge in [0.1, 0.15) is 6.54 Å². The van der Waals surface area contributed by atoms with Crippen LogP contribution >= 0.6 is 0 Å². The molecule has 0 heterocycles. The summed E-state index contributed by atoms with van der Waals surface area (Å²) in [5.74, 6) is -0.583. The predicted molar refractivity (Wildman–Crippen MR) is 68.4 cm³/mol. The van der Waals surface area contributed by atoms with Gasteiger partial charge in [-0.15, -0.1) is 0 Å². The number of esters is 1. The van der Waals surface area contributed by atoms with Crippen LogP contribution in [0.15, 0.2) is 30.3 Å². The van der Waals surface area contributed by atoms with Gasteiger partial charge in [0.15, 0.2) is 0 Å². The molecule has 0 fully saturated rings. The van der Waals surface area contributed by atoms with Crippen LogP contribution in [0.3, 0.4) is 0 Å². The van der Waals surface area contributed by atoms with Gasteiger partial charge in [-0.1, -0.05) is 30.3 Å². The third kappa shape index (κ3) is 6.64. The van der Waals surface area contributed by atoms with E-state index in [-0.39, 0.29) is 6.42 Å². The molecule has 0 aromatic heterocycles. The number of nitrogens with one attached hydrogen (secondary N) is 2. The maximum Gasteiger partial charge on any atom is 0.405 e. The molecule has 0 aliphatic heterocycles. The lowest BCUT2D eigenvalue weighted by atomic mass is 10.0. The zero-order chi connectivity index (χ0) is 15.9. The number of benzene rings is 1. The first kappa shape index (κ1) is 16.8. The number of carbonyl (C=O) groups is 2. The average Bonchev–Trinajstić information content (AvgIpc) is 2.44. The number of amides is 2. The quantitative estimate of drug-likeness (QED) is 0.819. The van der Waals surface area contributed by atoms with Gasteiger partial charge in [0.2, 0.25) is 0 Å².